The molecule has 1 aliphatic heterocycles. The van der Waals surface area contributed by atoms with Crippen LogP contribution in [0.4, 0.5) is 0 Å². The van der Waals surface area contributed by atoms with E-state index in [0.29, 0.717) is 11.2 Å². The molecular formula is C12H16N2S2. The van der Waals surface area contributed by atoms with Crippen molar-refractivity contribution in [3.63, 3.8) is 0 Å². The molecule has 4 heteroatoms. The molecular weight excluding hydrogens is 236 g/mol. The second-order valence-corrected chi connectivity index (χ2v) is 5.63. The van der Waals surface area contributed by atoms with Gasteiger partial charge >= 0.3 is 0 Å². The van der Waals surface area contributed by atoms with Gasteiger partial charge in [-0.2, -0.15) is 11.8 Å². The van der Waals surface area contributed by atoms with Crippen molar-refractivity contribution in [3.05, 3.63) is 30.1 Å². The van der Waals surface area contributed by atoms with Gasteiger partial charge in [0.05, 0.1) is 4.99 Å². The van der Waals surface area contributed by atoms with Gasteiger partial charge in [0.25, 0.3) is 0 Å². The Morgan fingerprint density at radius 3 is 3.19 bits per heavy atom. The Balaban J connectivity index is 2.20. The molecule has 0 aliphatic carbocycles. The zero-order chi connectivity index (χ0) is 11.4. The van der Waals surface area contributed by atoms with E-state index in [0.717, 1.165) is 4.99 Å². The molecule has 0 spiro atoms. The highest BCUT2D eigenvalue weighted by Gasteiger charge is 2.29. The van der Waals surface area contributed by atoms with E-state index in [2.05, 4.69) is 16.4 Å². The molecule has 1 aromatic heterocycles. The van der Waals surface area contributed by atoms with Crippen molar-refractivity contribution in [1.29, 1.82) is 0 Å². The predicted molar refractivity (Wildman–Crippen MR) is 73.8 cm³/mol. The average Bonchev–Trinajstić information content (AvgIpc) is 2.39. The van der Waals surface area contributed by atoms with E-state index >= 15 is 0 Å². The Bertz CT molecular complexity index is 353. The molecule has 2 atom stereocenters. The van der Waals surface area contributed by atoms with Crippen LogP contribution in [0.3, 0.4) is 0 Å². The summed E-state index contributed by atoms with van der Waals surface area (Å²) in [7, 11) is 1.92. The SMILES string of the molecule is CNC(=S)C1CCCSC1c1cccnc1. The second-order valence-electron chi connectivity index (χ2n) is 3.94. The molecule has 0 aromatic carbocycles. The van der Waals surface area contributed by atoms with Crippen LogP contribution in [0.5, 0.6) is 0 Å². The third-order valence-corrected chi connectivity index (χ3v) is 4.91. The minimum Gasteiger partial charge on any atom is -0.382 e. The lowest BCUT2D eigenvalue weighted by molar-refractivity contribution is 0.577. The van der Waals surface area contributed by atoms with Gasteiger partial charge in [-0.3, -0.25) is 4.98 Å². The van der Waals surface area contributed by atoms with Crippen LogP contribution in [0, 0.1) is 5.92 Å². The van der Waals surface area contributed by atoms with Crippen LogP contribution in [-0.2, 0) is 0 Å². The molecule has 0 amide bonds. The fraction of sp³-hybridized carbons (Fsp3) is 0.500. The first-order valence-corrected chi connectivity index (χ1v) is 7.01. The standard InChI is InChI=1S/C12H16N2S2/c1-13-12(15)10-5-3-7-16-11(10)9-4-2-6-14-8-9/h2,4,6,8,10-11H,3,5,7H2,1H3,(H,13,15). The van der Waals surface area contributed by atoms with Crippen molar-refractivity contribution in [2.75, 3.05) is 12.8 Å². The van der Waals surface area contributed by atoms with Crippen molar-refractivity contribution >= 4 is 29.0 Å². The van der Waals surface area contributed by atoms with Gasteiger partial charge in [0.2, 0.25) is 0 Å². The quantitative estimate of drug-likeness (QED) is 0.818. The molecule has 2 rings (SSSR count). The van der Waals surface area contributed by atoms with Crippen LogP contribution in [0.2, 0.25) is 0 Å². The summed E-state index contributed by atoms with van der Waals surface area (Å²) < 4.78 is 0. The van der Waals surface area contributed by atoms with Crippen LogP contribution < -0.4 is 5.32 Å². The number of thioether (sulfide) groups is 1. The monoisotopic (exact) mass is 252 g/mol. The fourth-order valence-corrected chi connectivity index (χ4v) is 3.87. The van der Waals surface area contributed by atoms with Crippen molar-refractivity contribution in [1.82, 2.24) is 10.3 Å². The van der Waals surface area contributed by atoms with Crippen LogP contribution in [0.15, 0.2) is 24.5 Å². The lowest BCUT2D eigenvalue weighted by Gasteiger charge is -2.31. The minimum atomic E-state index is 0.461. The van der Waals surface area contributed by atoms with E-state index in [1.165, 1.54) is 24.2 Å². The van der Waals surface area contributed by atoms with E-state index in [1.807, 2.05) is 37.3 Å². The molecule has 16 heavy (non-hydrogen) atoms. The number of rotatable bonds is 2. The average molecular weight is 252 g/mol. The third-order valence-electron chi connectivity index (χ3n) is 2.92. The highest BCUT2D eigenvalue weighted by molar-refractivity contribution is 7.99. The first-order valence-electron chi connectivity index (χ1n) is 5.56. The second kappa shape index (κ2) is 5.64. The Kier molecular flexibility index (Phi) is 4.18. The van der Waals surface area contributed by atoms with E-state index in [-0.39, 0.29) is 0 Å². The number of hydrogen-bond donors (Lipinski definition) is 1. The van der Waals surface area contributed by atoms with Crippen LogP contribution >= 0.6 is 24.0 Å². The van der Waals surface area contributed by atoms with E-state index in [1.54, 1.807) is 0 Å². The van der Waals surface area contributed by atoms with Crippen LogP contribution in [-0.4, -0.2) is 22.8 Å². The van der Waals surface area contributed by atoms with Crippen molar-refractivity contribution < 1.29 is 0 Å². The number of nitrogens with zero attached hydrogens (tertiary/aromatic N) is 1. The van der Waals surface area contributed by atoms with Gasteiger partial charge in [-0.1, -0.05) is 18.3 Å². The lowest BCUT2D eigenvalue weighted by atomic mass is 9.94. The maximum Gasteiger partial charge on any atom is 0.0796 e. The number of nitrogens with one attached hydrogen (secondary N) is 1. The summed E-state index contributed by atoms with van der Waals surface area (Å²) in [6.45, 7) is 0. The van der Waals surface area contributed by atoms with Gasteiger partial charge in [-0.25, -0.2) is 0 Å². The van der Waals surface area contributed by atoms with Crippen LogP contribution in [0.25, 0.3) is 0 Å². The highest BCUT2D eigenvalue weighted by atomic mass is 32.2. The Morgan fingerprint density at radius 2 is 2.50 bits per heavy atom. The van der Waals surface area contributed by atoms with E-state index in [9.17, 15) is 0 Å². The zero-order valence-corrected chi connectivity index (χ0v) is 11.0. The van der Waals surface area contributed by atoms with Gasteiger partial charge in [0, 0.05) is 30.6 Å². The molecule has 0 saturated carbocycles. The molecule has 1 fully saturated rings. The first kappa shape index (κ1) is 11.9. The minimum absolute atomic E-state index is 0.461. The molecule has 1 N–H and O–H groups in total. The summed E-state index contributed by atoms with van der Waals surface area (Å²) in [5.41, 5.74) is 1.30. The maximum atomic E-state index is 5.41. The fourth-order valence-electron chi connectivity index (χ4n) is 2.11. The molecule has 1 aromatic rings. The molecule has 2 unspecified atom stereocenters. The third kappa shape index (κ3) is 2.55. The first-order chi connectivity index (χ1) is 7.83. The smallest absolute Gasteiger partial charge is 0.0796 e. The Labute approximate surface area is 106 Å². The maximum absolute atomic E-state index is 5.41. The summed E-state index contributed by atoms with van der Waals surface area (Å²) in [6.07, 6.45) is 6.23. The largest absolute Gasteiger partial charge is 0.382 e. The Morgan fingerprint density at radius 1 is 1.62 bits per heavy atom. The number of hydrogen-bond acceptors (Lipinski definition) is 3. The van der Waals surface area contributed by atoms with E-state index in [4.69, 9.17) is 12.2 Å². The molecule has 2 heterocycles. The van der Waals surface area contributed by atoms with Gasteiger partial charge in [-0.15, -0.1) is 0 Å². The van der Waals surface area contributed by atoms with Gasteiger partial charge in [0.1, 0.15) is 0 Å². The van der Waals surface area contributed by atoms with Crippen molar-refractivity contribution in [2.45, 2.75) is 18.1 Å². The number of aromatic nitrogens is 1. The van der Waals surface area contributed by atoms with Crippen LogP contribution in [0.1, 0.15) is 23.7 Å². The molecule has 86 valence electrons. The molecule has 1 saturated heterocycles. The molecule has 1 aliphatic rings. The van der Waals surface area contributed by atoms with E-state index < -0.39 is 0 Å². The predicted octanol–water partition coefficient (Wildman–Crippen LogP) is 2.81. The van der Waals surface area contributed by atoms with Gasteiger partial charge in [0.15, 0.2) is 0 Å². The summed E-state index contributed by atoms with van der Waals surface area (Å²) in [4.78, 5) is 5.19. The number of thiocarbonyl (C=S) groups is 1. The number of pyridine rings is 1. The summed E-state index contributed by atoms with van der Waals surface area (Å²) in [5.74, 6) is 1.69. The van der Waals surface area contributed by atoms with Gasteiger partial charge < -0.3 is 5.32 Å². The molecule has 0 bridgehead atoms. The molecule has 2 nitrogen and oxygen atoms in total. The summed E-state index contributed by atoms with van der Waals surface area (Å²) >= 11 is 7.41. The van der Waals surface area contributed by atoms with Gasteiger partial charge in [-0.05, 0) is 30.2 Å². The van der Waals surface area contributed by atoms with Crippen molar-refractivity contribution in [2.24, 2.45) is 5.92 Å². The zero-order valence-electron chi connectivity index (χ0n) is 9.35. The normalized spacial score (nSPS) is 25.1. The highest BCUT2D eigenvalue weighted by Crippen LogP contribution is 2.42. The summed E-state index contributed by atoms with van der Waals surface area (Å²) in [6, 6.07) is 4.16. The molecule has 0 radical (unpaired) electrons. The lowest BCUT2D eigenvalue weighted by Crippen LogP contribution is -2.31. The van der Waals surface area contributed by atoms with Crippen molar-refractivity contribution in [3.8, 4) is 0 Å². The summed E-state index contributed by atoms with van der Waals surface area (Å²) in [5, 5.41) is 3.61. The Hall–Kier alpha value is -0.610. The topological polar surface area (TPSA) is 24.9 Å².